The molecule has 7 heteroatoms. The second-order valence-electron chi connectivity index (χ2n) is 5.96. The molecule has 0 spiro atoms. The first-order valence-electron chi connectivity index (χ1n) is 7.29. The van der Waals surface area contributed by atoms with Gasteiger partial charge in [0, 0.05) is 11.4 Å². The first kappa shape index (κ1) is 16.5. The highest BCUT2D eigenvalue weighted by molar-refractivity contribution is 7.10. The van der Waals surface area contributed by atoms with E-state index in [9.17, 15) is 14.4 Å². The van der Waals surface area contributed by atoms with E-state index in [-0.39, 0.29) is 18.4 Å². The fourth-order valence-electron chi connectivity index (χ4n) is 2.27. The molecule has 0 aliphatic carbocycles. The fraction of sp³-hybridized carbons (Fsp3) is 0.533. The molecule has 2 rings (SSSR count). The van der Waals surface area contributed by atoms with Crippen LogP contribution in [0.3, 0.4) is 0 Å². The fourth-order valence-corrected chi connectivity index (χ4v) is 3.11. The highest BCUT2D eigenvalue weighted by Gasteiger charge is 2.50. The summed E-state index contributed by atoms with van der Waals surface area (Å²) in [5.74, 6) is -0.224. The maximum absolute atomic E-state index is 12.5. The molecule has 2 heterocycles. The Hall–Kier alpha value is -1.89. The molecule has 4 amide bonds. The van der Waals surface area contributed by atoms with Crippen molar-refractivity contribution in [2.75, 3.05) is 13.1 Å². The van der Waals surface area contributed by atoms with Gasteiger partial charge in [-0.15, -0.1) is 11.3 Å². The maximum Gasteiger partial charge on any atom is 0.325 e. The topological polar surface area (TPSA) is 78.5 Å². The van der Waals surface area contributed by atoms with E-state index in [1.54, 1.807) is 13.0 Å². The van der Waals surface area contributed by atoms with E-state index in [2.05, 4.69) is 24.5 Å². The summed E-state index contributed by atoms with van der Waals surface area (Å²) in [6, 6.07) is 3.10. The summed E-state index contributed by atoms with van der Waals surface area (Å²) in [6.45, 7) is 6.09. The molecule has 1 aromatic heterocycles. The predicted molar refractivity (Wildman–Crippen MR) is 84.4 cm³/mol. The minimum atomic E-state index is -1.08. The summed E-state index contributed by atoms with van der Waals surface area (Å²) in [5.41, 5.74) is -1.08. The number of urea groups is 1. The quantitative estimate of drug-likeness (QED) is 0.782. The van der Waals surface area contributed by atoms with E-state index in [1.807, 2.05) is 11.4 Å². The third-order valence-electron chi connectivity index (χ3n) is 3.63. The molecule has 6 nitrogen and oxygen atoms in total. The van der Waals surface area contributed by atoms with Gasteiger partial charge < -0.3 is 10.6 Å². The van der Waals surface area contributed by atoms with Gasteiger partial charge in [0.25, 0.3) is 5.91 Å². The lowest BCUT2D eigenvalue weighted by Gasteiger charge is -2.20. The number of carbonyl (C=O) groups is 3. The Bertz CT molecular complexity index is 571. The van der Waals surface area contributed by atoms with Crippen LogP contribution in [0, 0.1) is 5.92 Å². The van der Waals surface area contributed by atoms with E-state index in [4.69, 9.17) is 0 Å². The molecule has 1 aromatic rings. The second kappa shape index (κ2) is 6.48. The second-order valence-corrected chi connectivity index (χ2v) is 6.90. The summed E-state index contributed by atoms with van der Waals surface area (Å²) in [4.78, 5) is 38.2. The SMILES string of the molecule is CC(C)CCNC(=O)CN1C(=O)N[C@](C)(c2cccs2)C1=O. The number of amides is 4. The third-order valence-corrected chi connectivity index (χ3v) is 4.73. The van der Waals surface area contributed by atoms with Crippen molar-refractivity contribution in [3.8, 4) is 0 Å². The zero-order chi connectivity index (χ0) is 16.3. The minimum Gasteiger partial charge on any atom is -0.355 e. The molecule has 0 bridgehead atoms. The van der Waals surface area contributed by atoms with Gasteiger partial charge in [0.05, 0.1) is 0 Å². The van der Waals surface area contributed by atoms with Gasteiger partial charge in [0.15, 0.2) is 5.54 Å². The minimum absolute atomic E-state index is 0.246. The molecule has 1 saturated heterocycles. The van der Waals surface area contributed by atoms with Crippen molar-refractivity contribution in [2.24, 2.45) is 5.92 Å². The van der Waals surface area contributed by atoms with Crippen LogP contribution in [0.1, 0.15) is 32.1 Å². The van der Waals surface area contributed by atoms with Gasteiger partial charge in [-0.25, -0.2) is 4.79 Å². The third kappa shape index (κ3) is 3.30. The van der Waals surface area contributed by atoms with Crippen LogP contribution < -0.4 is 10.6 Å². The van der Waals surface area contributed by atoms with Crippen molar-refractivity contribution < 1.29 is 14.4 Å². The van der Waals surface area contributed by atoms with Crippen molar-refractivity contribution in [1.82, 2.24) is 15.5 Å². The molecule has 120 valence electrons. The van der Waals surface area contributed by atoms with Crippen LogP contribution in [0.25, 0.3) is 0 Å². The number of rotatable bonds is 6. The molecule has 1 fully saturated rings. The Morgan fingerprint density at radius 2 is 2.18 bits per heavy atom. The van der Waals surface area contributed by atoms with Gasteiger partial charge in [-0.05, 0) is 30.7 Å². The number of nitrogens with one attached hydrogen (secondary N) is 2. The molecule has 0 radical (unpaired) electrons. The smallest absolute Gasteiger partial charge is 0.325 e. The van der Waals surface area contributed by atoms with Crippen molar-refractivity contribution >= 4 is 29.2 Å². The average Bonchev–Trinajstić information content (AvgIpc) is 3.03. The lowest BCUT2D eigenvalue weighted by molar-refractivity contribution is -0.134. The molecule has 1 aliphatic rings. The molecule has 22 heavy (non-hydrogen) atoms. The Morgan fingerprint density at radius 1 is 1.45 bits per heavy atom. The molecular weight excluding hydrogens is 302 g/mol. The lowest BCUT2D eigenvalue weighted by atomic mass is 10.0. The van der Waals surface area contributed by atoms with Crippen molar-refractivity contribution in [3.05, 3.63) is 22.4 Å². The van der Waals surface area contributed by atoms with E-state index >= 15 is 0 Å². The van der Waals surface area contributed by atoms with Crippen LogP contribution in [0.4, 0.5) is 4.79 Å². The molecule has 1 aliphatic heterocycles. The summed E-state index contributed by atoms with van der Waals surface area (Å²) in [6.07, 6.45) is 0.860. The van der Waals surface area contributed by atoms with Crippen LogP contribution in [-0.2, 0) is 15.1 Å². The Labute approximate surface area is 133 Å². The van der Waals surface area contributed by atoms with Gasteiger partial charge in [0.2, 0.25) is 5.91 Å². The summed E-state index contributed by atoms with van der Waals surface area (Å²) < 4.78 is 0. The van der Waals surface area contributed by atoms with Crippen molar-refractivity contribution in [2.45, 2.75) is 32.7 Å². The zero-order valence-corrected chi connectivity index (χ0v) is 13.8. The molecule has 2 N–H and O–H groups in total. The Morgan fingerprint density at radius 3 is 2.77 bits per heavy atom. The van der Waals surface area contributed by atoms with Crippen LogP contribution >= 0.6 is 11.3 Å². The van der Waals surface area contributed by atoms with Crippen LogP contribution in [0.5, 0.6) is 0 Å². The van der Waals surface area contributed by atoms with Crippen LogP contribution in [0.2, 0.25) is 0 Å². The monoisotopic (exact) mass is 323 g/mol. The number of nitrogens with zero attached hydrogens (tertiary/aromatic N) is 1. The number of imide groups is 1. The maximum atomic E-state index is 12.5. The van der Waals surface area contributed by atoms with E-state index in [0.29, 0.717) is 12.5 Å². The van der Waals surface area contributed by atoms with Crippen LogP contribution in [-0.4, -0.2) is 35.8 Å². The molecule has 0 unspecified atom stereocenters. The van der Waals surface area contributed by atoms with E-state index < -0.39 is 11.6 Å². The number of hydrogen-bond acceptors (Lipinski definition) is 4. The summed E-state index contributed by atoms with van der Waals surface area (Å²) >= 11 is 1.40. The molecule has 0 aromatic carbocycles. The molecule has 0 saturated carbocycles. The van der Waals surface area contributed by atoms with Gasteiger partial charge in [-0.1, -0.05) is 19.9 Å². The Balaban J connectivity index is 1.99. The zero-order valence-electron chi connectivity index (χ0n) is 13.0. The largest absolute Gasteiger partial charge is 0.355 e. The molecular formula is C15H21N3O3S. The standard InChI is InChI=1S/C15H21N3O3S/c1-10(2)6-7-16-12(19)9-18-13(20)15(3,17-14(18)21)11-5-4-8-22-11/h4-5,8,10H,6-7,9H2,1-3H3,(H,16,19)(H,17,21)/t15-/m1/s1. The lowest BCUT2D eigenvalue weighted by Crippen LogP contribution is -2.43. The first-order valence-corrected chi connectivity index (χ1v) is 8.17. The van der Waals surface area contributed by atoms with Gasteiger partial charge in [-0.2, -0.15) is 0 Å². The van der Waals surface area contributed by atoms with Gasteiger partial charge in [-0.3, -0.25) is 14.5 Å². The highest BCUT2D eigenvalue weighted by atomic mass is 32.1. The number of hydrogen-bond donors (Lipinski definition) is 2. The average molecular weight is 323 g/mol. The molecule has 1 atom stereocenters. The normalized spacial score (nSPS) is 21.4. The van der Waals surface area contributed by atoms with E-state index in [1.165, 1.54) is 11.3 Å². The van der Waals surface area contributed by atoms with Crippen molar-refractivity contribution in [3.63, 3.8) is 0 Å². The first-order chi connectivity index (χ1) is 10.3. The Kier molecular flexibility index (Phi) is 4.85. The highest BCUT2D eigenvalue weighted by Crippen LogP contribution is 2.31. The van der Waals surface area contributed by atoms with E-state index in [0.717, 1.165) is 16.2 Å². The number of thiophene rings is 1. The van der Waals surface area contributed by atoms with Gasteiger partial charge in [0.1, 0.15) is 6.54 Å². The summed E-state index contributed by atoms with van der Waals surface area (Å²) in [7, 11) is 0. The van der Waals surface area contributed by atoms with Crippen molar-refractivity contribution in [1.29, 1.82) is 0 Å². The number of carbonyl (C=O) groups excluding carboxylic acids is 3. The summed E-state index contributed by atoms with van der Waals surface area (Å²) in [5, 5.41) is 7.26. The predicted octanol–water partition coefficient (Wildman–Crippen LogP) is 1.68. The van der Waals surface area contributed by atoms with Gasteiger partial charge >= 0.3 is 6.03 Å². The van der Waals surface area contributed by atoms with Crippen LogP contribution in [0.15, 0.2) is 17.5 Å².